The molecule has 5 nitrogen and oxygen atoms in total. The summed E-state index contributed by atoms with van der Waals surface area (Å²) in [5.41, 5.74) is 1.21. The molecular weight excluding hydrogens is 340 g/mol. The number of hydrogen-bond acceptors (Lipinski definition) is 4. The van der Waals surface area contributed by atoms with Crippen LogP contribution in [-0.4, -0.2) is 43.4 Å². The van der Waals surface area contributed by atoms with Gasteiger partial charge in [0, 0.05) is 6.42 Å². The van der Waals surface area contributed by atoms with E-state index in [1.807, 2.05) is 24.3 Å². The highest BCUT2D eigenvalue weighted by Gasteiger charge is 2.39. The molecule has 1 aliphatic heterocycles. The maximum absolute atomic E-state index is 12.2. The van der Waals surface area contributed by atoms with Crippen LogP contribution in [0.1, 0.15) is 31.2 Å². The minimum absolute atomic E-state index is 0. The Labute approximate surface area is 155 Å². The number of ether oxygens (including phenoxy) is 1. The van der Waals surface area contributed by atoms with Crippen molar-refractivity contribution in [2.45, 2.75) is 44.2 Å². The van der Waals surface area contributed by atoms with Crippen molar-refractivity contribution in [3.8, 4) is 5.75 Å². The fourth-order valence-electron chi connectivity index (χ4n) is 3.98. The third-order valence-corrected chi connectivity index (χ3v) is 5.42. The molecule has 1 aliphatic carbocycles. The molecule has 0 unspecified atom stereocenters. The summed E-state index contributed by atoms with van der Waals surface area (Å²) in [4.78, 5) is 12.2. The van der Waals surface area contributed by atoms with Crippen molar-refractivity contribution < 1.29 is 14.6 Å². The number of hydrogen-bond donors (Lipinski definition) is 3. The van der Waals surface area contributed by atoms with E-state index in [4.69, 9.17) is 4.74 Å². The first-order valence-electron chi connectivity index (χ1n) is 8.97. The van der Waals surface area contributed by atoms with Gasteiger partial charge < -0.3 is 20.5 Å². The fraction of sp³-hybridized carbons (Fsp3) is 0.632. The molecule has 1 heterocycles. The van der Waals surface area contributed by atoms with E-state index in [-0.39, 0.29) is 24.4 Å². The topological polar surface area (TPSA) is 70.6 Å². The van der Waals surface area contributed by atoms with Crippen LogP contribution in [0.25, 0.3) is 0 Å². The lowest BCUT2D eigenvalue weighted by molar-refractivity contribution is -0.123. The molecule has 0 radical (unpaired) electrons. The van der Waals surface area contributed by atoms with Crippen LogP contribution in [0.4, 0.5) is 0 Å². The van der Waals surface area contributed by atoms with Crippen molar-refractivity contribution in [3.63, 3.8) is 0 Å². The minimum Gasteiger partial charge on any atom is -0.497 e. The normalized spacial score (nSPS) is 27.9. The molecule has 1 aromatic carbocycles. The molecule has 2 aliphatic rings. The third-order valence-electron chi connectivity index (χ3n) is 5.42. The molecule has 1 saturated heterocycles. The van der Waals surface area contributed by atoms with Crippen molar-refractivity contribution >= 4 is 18.3 Å². The van der Waals surface area contributed by atoms with Crippen LogP contribution in [0.2, 0.25) is 0 Å². The fourth-order valence-corrected chi connectivity index (χ4v) is 3.98. The summed E-state index contributed by atoms with van der Waals surface area (Å²) in [5, 5.41) is 16.7. The zero-order chi connectivity index (χ0) is 16.9. The Morgan fingerprint density at radius 3 is 2.60 bits per heavy atom. The molecule has 1 amide bonds. The van der Waals surface area contributed by atoms with Gasteiger partial charge in [0.05, 0.1) is 19.3 Å². The van der Waals surface area contributed by atoms with Crippen LogP contribution in [-0.2, 0) is 11.2 Å². The lowest BCUT2D eigenvalue weighted by Gasteiger charge is -2.35. The van der Waals surface area contributed by atoms with E-state index in [1.165, 1.54) is 5.56 Å². The van der Waals surface area contributed by atoms with E-state index in [0.717, 1.165) is 44.5 Å². The molecule has 25 heavy (non-hydrogen) atoms. The van der Waals surface area contributed by atoms with Gasteiger partial charge >= 0.3 is 0 Å². The van der Waals surface area contributed by atoms with Gasteiger partial charge in [-0.3, -0.25) is 4.79 Å². The first-order valence-corrected chi connectivity index (χ1v) is 8.97. The number of aliphatic hydroxyl groups excluding tert-OH is 1. The number of aryl methyl sites for hydroxylation is 1. The van der Waals surface area contributed by atoms with Crippen LogP contribution in [0.5, 0.6) is 5.75 Å². The summed E-state index contributed by atoms with van der Waals surface area (Å²) in [6.45, 7) is 2.02. The number of benzene rings is 1. The highest BCUT2D eigenvalue weighted by Crippen LogP contribution is 2.32. The van der Waals surface area contributed by atoms with Gasteiger partial charge in [0.25, 0.3) is 0 Å². The van der Waals surface area contributed by atoms with Crippen molar-refractivity contribution in [2.75, 3.05) is 20.2 Å². The Morgan fingerprint density at radius 2 is 1.92 bits per heavy atom. The van der Waals surface area contributed by atoms with Gasteiger partial charge in [-0.05, 0) is 68.3 Å². The summed E-state index contributed by atoms with van der Waals surface area (Å²) >= 11 is 0. The zero-order valence-electron chi connectivity index (χ0n) is 14.7. The number of carbonyl (C=O) groups is 1. The van der Waals surface area contributed by atoms with Gasteiger partial charge in [0.15, 0.2) is 0 Å². The Bertz CT molecular complexity index is 552. The quantitative estimate of drug-likeness (QED) is 0.717. The third kappa shape index (κ3) is 5.33. The smallest absolute Gasteiger partial charge is 0.220 e. The minimum atomic E-state index is -0.406. The molecule has 0 bridgehead atoms. The molecule has 0 aromatic heterocycles. The van der Waals surface area contributed by atoms with Crippen molar-refractivity contribution in [2.24, 2.45) is 11.8 Å². The number of rotatable bonds is 6. The molecule has 140 valence electrons. The maximum atomic E-state index is 12.2. The molecule has 1 aromatic rings. The molecule has 1 saturated carbocycles. The average molecular weight is 369 g/mol. The second kappa shape index (κ2) is 9.41. The lowest BCUT2D eigenvalue weighted by Crippen LogP contribution is -2.49. The largest absolute Gasteiger partial charge is 0.497 e. The van der Waals surface area contributed by atoms with Gasteiger partial charge in [-0.1, -0.05) is 12.1 Å². The van der Waals surface area contributed by atoms with Crippen LogP contribution < -0.4 is 15.4 Å². The van der Waals surface area contributed by atoms with Crippen molar-refractivity contribution in [3.05, 3.63) is 29.8 Å². The number of methoxy groups -OCH3 is 1. The van der Waals surface area contributed by atoms with Gasteiger partial charge in [0.1, 0.15) is 5.75 Å². The molecule has 4 atom stereocenters. The van der Waals surface area contributed by atoms with Crippen molar-refractivity contribution in [1.29, 1.82) is 0 Å². The highest BCUT2D eigenvalue weighted by atomic mass is 35.5. The Hall–Kier alpha value is -1.30. The van der Waals surface area contributed by atoms with Crippen molar-refractivity contribution in [1.82, 2.24) is 10.6 Å². The van der Waals surface area contributed by atoms with Crippen LogP contribution in [0, 0.1) is 11.8 Å². The average Bonchev–Trinajstić information content (AvgIpc) is 3.03. The molecule has 3 N–H and O–H groups in total. The van der Waals surface area contributed by atoms with E-state index in [1.54, 1.807) is 7.11 Å². The molecule has 0 spiro atoms. The van der Waals surface area contributed by atoms with Gasteiger partial charge in [-0.2, -0.15) is 0 Å². The second-order valence-corrected chi connectivity index (χ2v) is 7.09. The Balaban J connectivity index is 0.00000225. The van der Waals surface area contributed by atoms with Gasteiger partial charge in [0.2, 0.25) is 5.91 Å². The van der Waals surface area contributed by atoms with Gasteiger partial charge in [-0.25, -0.2) is 0 Å². The van der Waals surface area contributed by atoms with E-state index in [2.05, 4.69) is 10.6 Å². The molecular formula is C19H29ClN2O3. The standard InChI is InChI=1S/C19H28N2O3.ClH/c1-24-16-7-5-13(6-8-16)3-2-4-19(23)21-17-9-14-11-20-12-15(14)10-18(17)22;/h5-8,14-15,17-18,20,22H,2-4,9-12H2,1H3,(H,21,23);1H/t14-,15+,17-,18-;/m0./s1. The van der Waals surface area contributed by atoms with E-state index in [9.17, 15) is 9.90 Å². The summed E-state index contributed by atoms with van der Waals surface area (Å²) < 4.78 is 5.14. The SMILES string of the molecule is COc1ccc(CCCC(=O)N[C@H]2C[C@H]3CNC[C@H]3C[C@@H]2O)cc1.Cl. The summed E-state index contributed by atoms with van der Waals surface area (Å²) in [5.74, 6) is 2.07. The van der Waals surface area contributed by atoms with Crippen LogP contribution in [0.15, 0.2) is 24.3 Å². The number of amides is 1. The maximum Gasteiger partial charge on any atom is 0.220 e. The zero-order valence-corrected chi connectivity index (χ0v) is 15.6. The molecule has 3 rings (SSSR count). The molecule has 6 heteroatoms. The predicted octanol–water partition coefficient (Wildman–Crippen LogP) is 1.91. The number of carbonyl (C=O) groups excluding carboxylic acids is 1. The van der Waals surface area contributed by atoms with Crippen LogP contribution in [0.3, 0.4) is 0 Å². The first-order chi connectivity index (χ1) is 11.7. The van der Waals surface area contributed by atoms with Crippen LogP contribution >= 0.6 is 12.4 Å². The summed E-state index contributed by atoms with van der Waals surface area (Å²) in [6.07, 6.45) is 3.48. The monoisotopic (exact) mass is 368 g/mol. The summed E-state index contributed by atoms with van der Waals surface area (Å²) in [6, 6.07) is 7.88. The van der Waals surface area contributed by atoms with Gasteiger partial charge in [-0.15, -0.1) is 12.4 Å². The first kappa shape index (κ1) is 20.0. The Morgan fingerprint density at radius 1 is 1.24 bits per heavy atom. The predicted molar refractivity (Wildman–Crippen MR) is 100 cm³/mol. The summed E-state index contributed by atoms with van der Waals surface area (Å²) in [7, 11) is 1.66. The van der Waals surface area contributed by atoms with E-state index >= 15 is 0 Å². The second-order valence-electron chi connectivity index (χ2n) is 7.09. The van der Waals surface area contributed by atoms with E-state index < -0.39 is 6.10 Å². The number of aliphatic hydroxyl groups is 1. The lowest BCUT2D eigenvalue weighted by atomic mass is 9.77. The highest BCUT2D eigenvalue weighted by molar-refractivity contribution is 5.85. The number of halogens is 1. The Kier molecular flexibility index (Phi) is 7.54. The molecule has 2 fully saturated rings. The number of fused-ring (bicyclic) bond motifs is 1. The van der Waals surface area contributed by atoms with E-state index in [0.29, 0.717) is 18.3 Å². The number of nitrogens with one attached hydrogen (secondary N) is 2.